The molecule has 0 bridgehead atoms. The molecule has 0 aliphatic rings. The van der Waals surface area contributed by atoms with E-state index in [9.17, 15) is 9.90 Å². The first-order chi connectivity index (χ1) is 11.4. The standard InChI is InChI=1S/C17H16Br2N2O3/c1-10-7-13(18)8-15(19)17(10)24-9-16(23)21-20-11(2)12-3-5-14(22)6-4-12/h3-8,22H,9H2,1-2H3,(H,21,23)/b20-11-. The van der Waals surface area contributed by atoms with Crippen molar-refractivity contribution in [1.82, 2.24) is 5.43 Å². The van der Waals surface area contributed by atoms with Crippen molar-refractivity contribution in [3.8, 4) is 11.5 Å². The quantitative estimate of drug-likeness (QED) is 0.525. The maximum atomic E-state index is 11.9. The number of carbonyl (C=O) groups is 1. The van der Waals surface area contributed by atoms with Crippen molar-refractivity contribution >= 4 is 43.5 Å². The number of nitrogens with one attached hydrogen (secondary N) is 1. The van der Waals surface area contributed by atoms with Gasteiger partial charge in [0.25, 0.3) is 5.91 Å². The number of aromatic hydroxyl groups is 1. The molecule has 2 aromatic rings. The highest BCUT2D eigenvalue weighted by molar-refractivity contribution is 9.11. The molecule has 2 aromatic carbocycles. The molecule has 0 saturated heterocycles. The van der Waals surface area contributed by atoms with Gasteiger partial charge in [0.05, 0.1) is 10.2 Å². The van der Waals surface area contributed by atoms with Crippen molar-refractivity contribution in [3.05, 3.63) is 56.5 Å². The Kier molecular flexibility index (Phi) is 6.39. The topological polar surface area (TPSA) is 70.9 Å². The number of carbonyl (C=O) groups excluding carboxylic acids is 1. The van der Waals surface area contributed by atoms with Crippen LogP contribution in [0.2, 0.25) is 0 Å². The van der Waals surface area contributed by atoms with Crippen molar-refractivity contribution in [1.29, 1.82) is 0 Å². The average Bonchev–Trinajstić information content (AvgIpc) is 2.52. The first-order valence-electron chi connectivity index (χ1n) is 7.08. The molecular formula is C17H16Br2N2O3. The van der Waals surface area contributed by atoms with Crippen molar-refractivity contribution in [2.45, 2.75) is 13.8 Å². The molecule has 0 saturated carbocycles. The van der Waals surface area contributed by atoms with Crippen molar-refractivity contribution in [3.63, 3.8) is 0 Å². The number of benzene rings is 2. The van der Waals surface area contributed by atoms with Crippen LogP contribution in [0.4, 0.5) is 0 Å². The molecule has 126 valence electrons. The van der Waals surface area contributed by atoms with Gasteiger partial charge in [0.2, 0.25) is 0 Å². The van der Waals surface area contributed by atoms with Crippen LogP contribution in [-0.2, 0) is 4.79 Å². The van der Waals surface area contributed by atoms with E-state index in [4.69, 9.17) is 4.74 Å². The predicted molar refractivity (Wildman–Crippen MR) is 101 cm³/mol. The lowest BCUT2D eigenvalue weighted by Gasteiger charge is -2.11. The number of hydrogen-bond donors (Lipinski definition) is 2. The number of aryl methyl sites for hydroxylation is 1. The third-order valence-corrected chi connectivity index (χ3v) is 4.22. The summed E-state index contributed by atoms with van der Waals surface area (Å²) in [5, 5.41) is 13.3. The summed E-state index contributed by atoms with van der Waals surface area (Å²) >= 11 is 6.81. The molecule has 1 amide bonds. The maximum Gasteiger partial charge on any atom is 0.277 e. The highest BCUT2D eigenvalue weighted by Crippen LogP contribution is 2.32. The number of halogens is 2. The molecule has 2 N–H and O–H groups in total. The third kappa shape index (κ3) is 5.07. The number of ether oxygens (including phenoxy) is 1. The van der Waals surface area contributed by atoms with Crippen molar-refractivity contribution < 1.29 is 14.6 Å². The Bertz CT molecular complexity index is 751. The van der Waals surface area contributed by atoms with Crippen LogP contribution >= 0.6 is 31.9 Å². The second-order valence-corrected chi connectivity index (χ2v) is 6.87. The van der Waals surface area contributed by atoms with Gasteiger partial charge in [-0.3, -0.25) is 4.79 Å². The normalized spacial score (nSPS) is 11.2. The van der Waals surface area contributed by atoms with Gasteiger partial charge in [-0.2, -0.15) is 5.10 Å². The van der Waals surface area contributed by atoms with Crippen LogP contribution in [0.5, 0.6) is 11.5 Å². The second kappa shape index (κ2) is 8.30. The number of phenolic OH excluding ortho intramolecular Hbond substituents is 1. The summed E-state index contributed by atoms with van der Waals surface area (Å²) in [6.07, 6.45) is 0. The van der Waals surface area contributed by atoms with Crippen LogP contribution < -0.4 is 10.2 Å². The molecule has 0 unspecified atom stereocenters. The monoisotopic (exact) mass is 454 g/mol. The van der Waals surface area contributed by atoms with Crippen LogP contribution in [0.25, 0.3) is 0 Å². The number of amides is 1. The van der Waals surface area contributed by atoms with Crippen LogP contribution in [0, 0.1) is 6.92 Å². The van der Waals surface area contributed by atoms with Gasteiger partial charge >= 0.3 is 0 Å². The van der Waals surface area contributed by atoms with Crippen LogP contribution in [0.1, 0.15) is 18.1 Å². The van der Waals surface area contributed by atoms with Crippen LogP contribution in [-0.4, -0.2) is 23.3 Å². The summed E-state index contributed by atoms with van der Waals surface area (Å²) in [5.41, 5.74) is 4.80. The molecule has 0 aromatic heterocycles. The van der Waals surface area contributed by atoms with E-state index in [1.54, 1.807) is 31.2 Å². The zero-order chi connectivity index (χ0) is 17.7. The molecule has 0 aliphatic heterocycles. The Balaban J connectivity index is 1.94. The van der Waals surface area contributed by atoms with Crippen LogP contribution in [0.15, 0.2) is 50.4 Å². The summed E-state index contributed by atoms with van der Waals surface area (Å²) < 4.78 is 7.25. The van der Waals surface area contributed by atoms with E-state index < -0.39 is 0 Å². The molecule has 2 rings (SSSR count). The summed E-state index contributed by atoms with van der Waals surface area (Å²) in [4.78, 5) is 11.9. The molecule has 0 radical (unpaired) electrons. The van der Waals surface area contributed by atoms with E-state index in [2.05, 4.69) is 42.4 Å². The smallest absolute Gasteiger partial charge is 0.277 e. The van der Waals surface area contributed by atoms with E-state index >= 15 is 0 Å². The van der Waals surface area contributed by atoms with Gasteiger partial charge < -0.3 is 9.84 Å². The van der Waals surface area contributed by atoms with Crippen molar-refractivity contribution in [2.75, 3.05) is 6.61 Å². The molecule has 0 fully saturated rings. The zero-order valence-electron chi connectivity index (χ0n) is 13.1. The summed E-state index contributed by atoms with van der Waals surface area (Å²) in [7, 11) is 0. The molecule has 24 heavy (non-hydrogen) atoms. The zero-order valence-corrected chi connectivity index (χ0v) is 16.3. The Morgan fingerprint density at radius 2 is 1.92 bits per heavy atom. The molecule has 0 spiro atoms. The Morgan fingerprint density at radius 3 is 2.54 bits per heavy atom. The molecule has 5 nitrogen and oxygen atoms in total. The van der Waals surface area contributed by atoms with Gasteiger partial charge in [0.1, 0.15) is 11.5 Å². The summed E-state index contributed by atoms with van der Waals surface area (Å²) in [6, 6.07) is 10.3. The summed E-state index contributed by atoms with van der Waals surface area (Å²) in [5.74, 6) is 0.439. The molecular weight excluding hydrogens is 440 g/mol. The molecule has 0 heterocycles. The third-order valence-electron chi connectivity index (χ3n) is 3.18. The Labute approximate surface area is 157 Å². The number of hydrogen-bond acceptors (Lipinski definition) is 4. The highest BCUT2D eigenvalue weighted by atomic mass is 79.9. The fourth-order valence-corrected chi connectivity index (χ4v) is 3.51. The molecule has 7 heteroatoms. The Morgan fingerprint density at radius 1 is 1.25 bits per heavy atom. The Hall–Kier alpha value is -1.86. The first kappa shape index (κ1) is 18.5. The second-order valence-electron chi connectivity index (χ2n) is 5.10. The van der Waals surface area contributed by atoms with Gasteiger partial charge in [0, 0.05) is 4.47 Å². The minimum absolute atomic E-state index is 0.145. The van der Waals surface area contributed by atoms with Gasteiger partial charge in [0.15, 0.2) is 6.61 Å². The fraction of sp³-hybridized carbons (Fsp3) is 0.176. The lowest BCUT2D eigenvalue weighted by atomic mass is 10.1. The van der Waals surface area contributed by atoms with Gasteiger partial charge in [-0.1, -0.05) is 15.9 Å². The number of phenols is 1. The summed E-state index contributed by atoms with van der Waals surface area (Å²) in [6.45, 7) is 3.52. The minimum Gasteiger partial charge on any atom is -0.508 e. The number of nitrogens with zero attached hydrogens (tertiary/aromatic N) is 1. The molecule has 0 atom stereocenters. The lowest BCUT2D eigenvalue weighted by Crippen LogP contribution is -2.25. The van der Waals surface area contributed by atoms with E-state index in [0.717, 1.165) is 20.1 Å². The SMILES string of the molecule is C/C(=N/NC(=O)COc1c(C)cc(Br)cc1Br)c1ccc(O)cc1. The van der Waals surface area contributed by atoms with E-state index in [-0.39, 0.29) is 18.3 Å². The first-order valence-corrected chi connectivity index (χ1v) is 8.66. The van der Waals surface area contributed by atoms with E-state index in [1.165, 1.54) is 0 Å². The molecule has 0 aliphatic carbocycles. The largest absolute Gasteiger partial charge is 0.508 e. The maximum absolute atomic E-state index is 11.9. The fourth-order valence-electron chi connectivity index (χ4n) is 1.96. The van der Waals surface area contributed by atoms with Crippen LogP contribution in [0.3, 0.4) is 0 Å². The number of rotatable bonds is 5. The van der Waals surface area contributed by atoms with Gasteiger partial charge in [-0.05, 0) is 77.3 Å². The van der Waals surface area contributed by atoms with E-state index in [1.807, 2.05) is 19.1 Å². The average molecular weight is 456 g/mol. The minimum atomic E-state index is -0.359. The van der Waals surface area contributed by atoms with Gasteiger partial charge in [-0.25, -0.2) is 5.43 Å². The number of hydrazone groups is 1. The van der Waals surface area contributed by atoms with E-state index in [0.29, 0.717) is 11.5 Å². The van der Waals surface area contributed by atoms with Crippen molar-refractivity contribution in [2.24, 2.45) is 5.10 Å². The van der Waals surface area contributed by atoms with Gasteiger partial charge in [-0.15, -0.1) is 0 Å². The highest BCUT2D eigenvalue weighted by Gasteiger charge is 2.09. The lowest BCUT2D eigenvalue weighted by molar-refractivity contribution is -0.123. The predicted octanol–water partition coefficient (Wildman–Crippen LogP) is 4.14.